The van der Waals surface area contributed by atoms with Crippen molar-refractivity contribution in [2.75, 3.05) is 0 Å². The van der Waals surface area contributed by atoms with Crippen LogP contribution in [0.3, 0.4) is 0 Å². The van der Waals surface area contributed by atoms with Crippen molar-refractivity contribution in [1.82, 2.24) is 0 Å². The number of aromatic hydroxyl groups is 1. The molecule has 0 aromatic heterocycles. The highest BCUT2D eigenvalue weighted by atomic mass is 16.3. The number of nitrogens with two attached hydrogens (primary N) is 1. The Morgan fingerprint density at radius 2 is 1.19 bits per heavy atom. The average molecular weight is 378 g/mol. The first kappa shape index (κ1) is 24.0. The maximum absolute atomic E-state index is 10.2. The Morgan fingerprint density at radius 1 is 0.741 bits per heavy atom. The minimum absolute atomic E-state index is 0.230. The SMILES string of the molecule is CCCCCCCCCCCCCCCC(O)C(N)Cc1ccc(O)cc1. The zero-order valence-electron chi connectivity index (χ0n) is 17.5. The van der Waals surface area contributed by atoms with Gasteiger partial charge in [0.15, 0.2) is 0 Å². The van der Waals surface area contributed by atoms with Crippen molar-refractivity contribution in [2.24, 2.45) is 5.73 Å². The van der Waals surface area contributed by atoms with Crippen molar-refractivity contribution in [1.29, 1.82) is 0 Å². The van der Waals surface area contributed by atoms with Crippen LogP contribution in [0.1, 0.15) is 102 Å². The maximum Gasteiger partial charge on any atom is 0.115 e. The summed E-state index contributed by atoms with van der Waals surface area (Å²) in [5, 5.41) is 19.5. The summed E-state index contributed by atoms with van der Waals surface area (Å²) in [5.74, 6) is 0.264. The van der Waals surface area contributed by atoms with Gasteiger partial charge >= 0.3 is 0 Å². The van der Waals surface area contributed by atoms with Gasteiger partial charge in [0.05, 0.1) is 6.10 Å². The fraction of sp³-hybridized carbons (Fsp3) is 0.750. The first-order valence-corrected chi connectivity index (χ1v) is 11.3. The summed E-state index contributed by atoms with van der Waals surface area (Å²) in [6.45, 7) is 2.27. The Morgan fingerprint density at radius 3 is 1.67 bits per heavy atom. The monoisotopic (exact) mass is 377 g/mol. The molecule has 156 valence electrons. The number of unbranched alkanes of at least 4 members (excludes halogenated alkanes) is 12. The van der Waals surface area contributed by atoms with E-state index in [1.54, 1.807) is 12.1 Å². The lowest BCUT2D eigenvalue weighted by Crippen LogP contribution is -2.36. The van der Waals surface area contributed by atoms with E-state index in [1.165, 1.54) is 77.0 Å². The second-order valence-corrected chi connectivity index (χ2v) is 8.13. The summed E-state index contributed by atoms with van der Waals surface area (Å²) in [7, 11) is 0. The summed E-state index contributed by atoms with van der Waals surface area (Å²) >= 11 is 0. The Labute approximate surface area is 167 Å². The first-order valence-electron chi connectivity index (χ1n) is 11.3. The lowest BCUT2D eigenvalue weighted by molar-refractivity contribution is 0.131. The molecule has 27 heavy (non-hydrogen) atoms. The number of rotatable bonds is 17. The molecule has 0 saturated carbocycles. The third-order valence-corrected chi connectivity index (χ3v) is 5.51. The van der Waals surface area contributed by atoms with Gasteiger partial charge in [-0.1, -0.05) is 103 Å². The van der Waals surface area contributed by atoms with Crippen LogP contribution in [-0.4, -0.2) is 22.4 Å². The number of phenolic OH excluding ortho intramolecular Hbond substituents is 1. The van der Waals surface area contributed by atoms with Gasteiger partial charge in [0, 0.05) is 6.04 Å². The molecule has 1 rings (SSSR count). The highest BCUT2D eigenvalue weighted by molar-refractivity contribution is 5.26. The Kier molecular flexibility index (Phi) is 14.2. The molecular formula is C24H43NO2. The van der Waals surface area contributed by atoms with E-state index in [1.807, 2.05) is 12.1 Å². The second-order valence-electron chi connectivity index (χ2n) is 8.13. The van der Waals surface area contributed by atoms with E-state index in [0.717, 1.165) is 18.4 Å². The molecular weight excluding hydrogens is 334 g/mol. The van der Waals surface area contributed by atoms with Gasteiger partial charge in [-0.05, 0) is 30.5 Å². The van der Waals surface area contributed by atoms with E-state index >= 15 is 0 Å². The first-order chi connectivity index (χ1) is 13.1. The molecule has 0 spiro atoms. The van der Waals surface area contributed by atoms with E-state index in [-0.39, 0.29) is 11.8 Å². The fourth-order valence-corrected chi connectivity index (χ4v) is 3.63. The zero-order chi connectivity index (χ0) is 19.7. The molecule has 0 amide bonds. The molecule has 0 aliphatic carbocycles. The number of aliphatic hydroxyl groups excluding tert-OH is 1. The molecule has 0 radical (unpaired) electrons. The van der Waals surface area contributed by atoms with Crippen molar-refractivity contribution in [3.63, 3.8) is 0 Å². The smallest absolute Gasteiger partial charge is 0.115 e. The molecule has 0 saturated heterocycles. The molecule has 3 heteroatoms. The minimum Gasteiger partial charge on any atom is -0.508 e. The number of hydrogen-bond acceptors (Lipinski definition) is 3. The van der Waals surface area contributed by atoms with E-state index in [2.05, 4.69) is 6.92 Å². The number of hydrogen-bond donors (Lipinski definition) is 3. The van der Waals surface area contributed by atoms with Crippen molar-refractivity contribution < 1.29 is 10.2 Å². The van der Waals surface area contributed by atoms with Gasteiger partial charge in [0.25, 0.3) is 0 Å². The molecule has 3 nitrogen and oxygen atoms in total. The van der Waals surface area contributed by atoms with Crippen LogP contribution in [0.5, 0.6) is 5.75 Å². The summed E-state index contributed by atoms with van der Waals surface area (Å²) in [5.41, 5.74) is 7.18. The van der Waals surface area contributed by atoms with Crippen LogP contribution in [0.15, 0.2) is 24.3 Å². The van der Waals surface area contributed by atoms with E-state index in [4.69, 9.17) is 5.73 Å². The van der Waals surface area contributed by atoms with Crippen molar-refractivity contribution in [3.8, 4) is 5.75 Å². The third-order valence-electron chi connectivity index (χ3n) is 5.51. The summed E-state index contributed by atoms with van der Waals surface area (Å²) in [6.07, 6.45) is 18.4. The van der Waals surface area contributed by atoms with Crippen LogP contribution in [0, 0.1) is 0 Å². The third kappa shape index (κ3) is 12.9. The summed E-state index contributed by atoms with van der Waals surface area (Å²) in [4.78, 5) is 0. The molecule has 0 aliphatic rings. The molecule has 2 atom stereocenters. The topological polar surface area (TPSA) is 66.5 Å². The second kappa shape index (κ2) is 15.9. The van der Waals surface area contributed by atoms with Gasteiger partial charge in [-0.15, -0.1) is 0 Å². The Bertz CT molecular complexity index is 446. The van der Waals surface area contributed by atoms with Crippen LogP contribution in [-0.2, 0) is 6.42 Å². The van der Waals surface area contributed by atoms with Gasteiger partial charge in [0.2, 0.25) is 0 Å². The standard InChI is InChI=1S/C24H43NO2/c1-2-3-4-5-6-7-8-9-10-11-12-13-14-15-24(27)23(25)20-21-16-18-22(26)19-17-21/h16-19,23-24,26-27H,2-15,20,25H2,1H3. The molecule has 4 N–H and O–H groups in total. The van der Waals surface area contributed by atoms with Crippen LogP contribution < -0.4 is 5.73 Å². The Hall–Kier alpha value is -1.06. The lowest BCUT2D eigenvalue weighted by Gasteiger charge is -2.19. The number of benzene rings is 1. The molecule has 0 fully saturated rings. The zero-order valence-corrected chi connectivity index (χ0v) is 17.5. The Balaban J connectivity index is 1.91. The normalized spacial score (nSPS) is 13.6. The predicted octanol–water partition coefficient (Wildman–Crippen LogP) is 6.10. The number of phenols is 1. The van der Waals surface area contributed by atoms with E-state index < -0.39 is 6.10 Å². The molecule has 0 bridgehead atoms. The highest BCUT2D eigenvalue weighted by Gasteiger charge is 2.14. The molecule has 1 aromatic carbocycles. The van der Waals surface area contributed by atoms with Crippen LogP contribution >= 0.6 is 0 Å². The van der Waals surface area contributed by atoms with E-state index in [9.17, 15) is 10.2 Å². The van der Waals surface area contributed by atoms with Gasteiger partial charge in [0.1, 0.15) is 5.75 Å². The molecule has 2 unspecified atom stereocenters. The number of aliphatic hydroxyl groups is 1. The van der Waals surface area contributed by atoms with Gasteiger partial charge in [-0.25, -0.2) is 0 Å². The van der Waals surface area contributed by atoms with Crippen LogP contribution in [0.25, 0.3) is 0 Å². The van der Waals surface area contributed by atoms with Crippen molar-refractivity contribution >= 4 is 0 Å². The summed E-state index contributed by atoms with van der Waals surface area (Å²) in [6, 6.07) is 6.84. The predicted molar refractivity (Wildman–Crippen MR) is 116 cm³/mol. The highest BCUT2D eigenvalue weighted by Crippen LogP contribution is 2.16. The molecule has 0 heterocycles. The van der Waals surface area contributed by atoms with Crippen LogP contribution in [0.4, 0.5) is 0 Å². The largest absolute Gasteiger partial charge is 0.508 e. The van der Waals surface area contributed by atoms with Crippen LogP contribution in [0.2, 0.25) is 0 Å². The quantitative estimate of drug-likeness (QED) is 0.287. The van der Waals surface area contributed by atoms with Gasteiger partial charge in [-0.2, -0.15) is 0 Å². The van der Waals surface area contributed by atoms with E-state index in [0.29, 0.717) is 6.42 Å². The molecule has 1 aromatic rings. The van der Waals surface area contributed by atoms with Gasteiger partial charge < -0.3 is 15.9 Å². The van der Waals surface area contributed by atoms with Crippen molar-refractivity contribution in [2.45, 2.75) is 115 Å². The average Bonchev–Trinajstić information content (AvgIpc) is 2.67. The maximum atomic E-state index is 10.2. The van der Waals surface area contributed by atoms with Crippen molar-refractivity contribution in [3.05, 3.63) is 29.8 Å². The molecule has 0 aliphatic heterocycles. The lowest BCUT2D eigenvalue weighted by atomic mass is 9.97. The fourth-order valence-electron chi connectivity index (χ4n) is 3.63. The van der Waals surface area contributed by atoms with Gasteiger partial charge in [-0.3, -0.25) is 0 Å². The minimum atomic E-state index is -0.438. The summed E-state index contributed by atoms with van der Waals surface area (Å²) < 4.78 is 0.